The largest absolute Gasteiger partial charge is 0.444 e. The molecule has 0 saturated carbocycles. The van der Waals surface area contributed by atoms with Crippen LogP contribution >= 0.6 is 0 Å². The first-order valence-corrected chi connectivity index (χ1v) is 14.1. The molecule has 0 bridgehead atoms. The molecule has 1 amide bonds. The molecule has 42 heavy (non-hydrogen) atoms. The van der Waals surface area contributed by atoms with E-state index >= 15 is 0 Å². The Morgan fingerprint density at radius 2 is 1.67 bits per heavy atom. The molecule has 9 nitrogen and oxygen atoms in total. The molecule has 0 unspecified atom stereocenters. The van der Waals surface area contributed by atoms with Crippen LogP contribution in [0.2, 0.25) is 0 Å². The molecule has 0 aliphatic heterocycles. The van der Waals surface area contributed by atoms with Gasteiger partial charge in [0.2, 0.25) is 0 Å². The highest BCUT2D eigenvalue weighted by Crippen LogP contribution is 2.34. The van der Waals surface area contributed by atoms with E-state index in [9.17, 15) is 9.90 Å². The van der Waals surface area contributed by atoms with Gasteiger partial charge in [-0.05, 0) is 44.0 Å². The number of hydrogen-bond acceptors (Lipinski definition) is 7. The number of hydrogen-bond donors (Lipinski definition) is 3. The Bertz CT molecular complexity index is 1690. The molecule has 0 aliphatic carbocycles. The zero-order valence-electron chi connectivity index (χ0n) is 24.8. The van der Waals surface area contributed by atoms with E-state index < -0.39 is 11.7 Å². The molecule has 0 saturated heterocycles. The third-order valence-corrected chi connectivity index (χ3v) is 6.90. The molecule has 3 heterocycles. The lowest BCUT2D eigenvalue weighted by molar-refractivity contribution is 0.0522. The van der Waals surface area contributed by atoms with Gasteiger partial charge >= 0.3 is 6.09 Å². The standard InChI is InChI=1S/C33H38N6O3/c1-32(2,3)42-31(41)35-19-28-37-38-30-26-17-25(23-9-7-6-8-10-23)29(36-27(26)15-16-39(28)30)24-13-11-22(12-14-24)18-34-20-33(4,5)21-40/h6-17,34,40H,18-21H2,1-5H3,(H,35,41). The van der Waals surface area contributed by atoms with Gasteiger partial charge in [-0.2, -0.15) is 0 Å². The highest BCUT2D eigenvalue weighted by molar-refractivity contribution is 5.98. The number of fused-ring (bicyclic) bond motifs is 3. The quantitative estimate of drug-likeness (QED) is 0.208. The second kappa shape index (κ2) is 11.9. The topological polar surface area (TPSA) is 114 Å². The van der Waals surface area contributed by atoms with Crippen molar-refractivity contribution >= 4 is 22.6 Å². The van der Waals surface area contributed by atoms with E-state index in [0.29, 0.717) is 11.5 Å². The number of carbonyl (C=O) groups excluding carboxylic acids is 1. The van der Waals surface area contributed by atoms with Gasteiger partial charge in [0.15, 0.2) is 11.5 Å². The number of aromatic nitrogens is 4. The van der Waals surface area contributed by atoms with Gasteiger partial charge in [0.05, 0.1) is 17.8 Å². The summed E-state index contributed by atoms with van der Waals surface area (Å²) in [6.45, 7) is 11.3. The van der Waals surface area contributed by atoms with Crippen LogP contribution in [0.4, 0.5) is 4.79 Å². The maximum Gasteiger partial charge on any atom is 0.408 e. The molecule has 3 aromatic heterocycles. The molecule has 0 aliphatic rings. The molecule has 0 radical (unpaired) electrons. The fourth-order valence-corrected chi connectivity index (χ4v) is 4.67. The number of nitrogens with one attached hydrogen (secondary N) is 2. The zero-order valence-corrected chi connectivity index (χ0v) is 24.8. The number of carbonyl (C=O) groups is 1. The Balaban J connectivity index is 1.48. The predicted octanol–water partition coefficient (Wildman–Crippen LogP) is 5.74. The number of pyridine rings is 2. The second-order valence-electron chi connectivity index (χ2n) is 12.3. The van der Waals surface area contributed by atoms with Crippen molar-refractivity contribution in [1.82, 2.24) is 30.2 Å². The number of rotatable bonds is 9. The number of aliphatic hydroxyl groups excluding tert-OH is 1. The molecule has 0 fully saturated rings. The number of amides is 1. The van der Waals surface area contributed by atoms with Crippen molar-refractivity contribution in [1.29, 1.82) is 0 Å². The van der Waals surface area contributed by atoms with Crippen LogP contribution in [0.1, 0.15) is 46.0 Å². The minimum Gasteiger partial charge on any atom is -0.444 e. The molecule has 218 valence electrons. The van der Waals surface area contributed by atoms with Crippen molar-refractivity contribution in [3.05, 3.63) is 84.3 Å². The van der Waals surface area contributed by atoms with Crippen molar-refractivity contribution in [3.63, 3.8) is 0 Å². The number of aliphatic hydroxyl groups is 1. The van der Waals surface area contributed by atoms with Gasteiger partial charge in [0.1, 0.15) is 5.60 Å². The lowest BCUT2D eigenvalue weighted by Crippen LogP contribution is -2.32. The van der Waals surface area contributed by atoms with Gasteiger partial charge in [-0.25, -0.2) is 9.78 Å². The lowest BCUT2D eigenvalue weighted by atomic mass is 9.95. The highest BCUT2D eigenvalue weighted by Gasteiger charge is 2.19. The smallest absolute Gasteiger partial charge is 0.408 e. The van der Waals surface area contributed by atoms with E-state index in [1.165, 1.54) is 0 Å². The molecule has 0 atom stereocenters. The number of nitrogens with zero attached hydrogens (tertiary/aromatic N) is 4. The number of benzene rings is 2. The molecule has 5 rings (SSSR count). The Morgan fingerprint density at radius 1 is 0.929 bits per heavy atom. The van der Waals surface area contributed by atoms with Gasteiger partial charge in [0, 0.05) is 47.8 Å². The van der Waals surface area contributed by atoms with E-state index in [4.69, 9.17) is 9.72 Å². The Labute approximate surface area is 246 Å². The summed E-state index contributed by atoms with van der Waals surface area (Å²) >= 11 is 0. The average molecular weight is 567 g/mol. The summed E-state index contributed by atoms with van der Waals surface area (Å²) in [5.41, 5.74) is 5.81. The van der Waals surface area contributed by atoms with Crippen LogP contribution in [0.5, 0.6) is 0 Å². The second-order valence-corrected chi connectivity index (χ2v) is 12.3. The van der Waals surface area contributed by atoms with Crippen LogP contribution in [0.25, 0.3) is 38.9 Å². The molecule has 2 aromatic carbocycles. The van der Waals surface area contributed by atoms with Gasteiger partial charge in [-0.1, -0.05) is 68.4 Å². The molecule has 9 heteroatoms. The van der Waals surface area contributed by atoms with Crippen molar-refractivity contribution < 1.29 is 14.6 Å². The van der Waals surface area contributed by atoms with Crippen LogP contribution in [0.15, 0.2) is 72.9 Å². The van der Waals surface area contributed by atoms with Crippen molar-refractivity contribution in [2.45, 2.75) is 53.3 Å². The Morgan fingerprint density at radius 3 is 2.36 bits per heavy atom. The van der Waals surface area contributed by atoms with Crippen molar-refractivity contribution in [2.75, 3.05) is 13.2 Å². The third-order valence-electron chi connectivity index (χ3n) is 6.90. The molecule has 0 spiro atoms. The van der Waals surface area contributed by atoms with Crippen LogP contribution in [-0.4, -0.2) is 49.5 Å². The van der Waals surface area contributed by atoms with E-state index in [2.05, 4.69) is 63.3 Å². The Hall–Kier alpha value is -4.34. The lowest BCUT2D eigenvalue weighted by Gasteiger charge is -2.22. The van der Waals surface area contributed by atoms with Gasteiger partial charge in [0.25, 0.3) is 0 Å². The Kier molecular flexibility index (Phi) is 8.24. The van der Waals surface area contributed by atoms with Gasteiger partial charge in [-0.3, -0.25) is 4.40 Å². The van der Waals surface area contributed by atoms with Crippen LogP contribution in [0, 0.1) is 5.41 Å². The number of alkyl carbamates (subject to hydrolysis) is 1. The fraction of sp³-hybridized carbons (Fsp3) is 0.333. The minimum atomic E-state index is -0.584. The summed E-state index contributed by atoms with van der Waals surface area (Å²) in [6, 6.07) is 22.7. The molecule has 3 N–H and O–H groups in total. The van der Waals surface area contributed by atoms with Crippen molar-refractivity contribution in [2.24, 2.45) is 5.41 Å². The first-order chi connectivity index (χ1) is 20.0. The first kappa shape index (κ1) is 29.2. The zero-order chi connectivity index (χ0) is 29.9. The summed E-state index contributed by atoms with van der Waals surface area (Å²) in [4.78, 5) is 17.3. The van der Waals surface area contributed by atoms with E-state index in [0.717, 1.165) is 51.9 Å². The highest BCUT2D eigenvalue weighted by atomic mass is 16.6. The van der Waals surface area contributed by atoms with Crippen LogP contribution in [-0.2, 0) is 17.8 Å². The summed E-state index contributed by atoms with van der Waals surface area (Å²) in [5, 5.41) is 25.4. The molecular weight excluding hydrogens is 528 g/mol. The summed E-state index contributed by atoms with van der Waals surface area (Å²) in [7, 11) is 0. The van der Waals surface area contributed by atoms with Crippen LogP contribution in [0.3, 0.4) is 0 Å². The molecule has 5 aromatic rings. The van der Waals surface area contributed by atoms with Gasteiger partial charge in [-0.15, -0.1) is 10.2 Å². The third kappa shape index (κ3) is 6.75. The molecular formula is C33H38N6O3. The SMILES string of the molecule is CC(C)(CO)CNCc1ccc(-c2nc3ccn4c(CNC(=O)OC(C)(C)C)nnc4c3cc2-c2ccccc2)cc1. The van der Waals surface area contributed by atoms with E-state index in [-0.39, 0.29) is 18.6 Å². The maximum absolute atomic E-state index is 12.2. The maximum atomic E-state index is 12.2. The normalized spacial score (nSPS) is 12.1. The number of ether oxygens (including phenoxy) is 1. The summed E-state index contributed by atoms with van der Waals surface area (Å²) < 4.78 is 7.22. The minimum absolute atomic E-state index is 0.139. The first-order valence-electron chi connectivity index (χ1n) is 14.1. The average Bonchev–Trinajstić information content (AvgIpc) is 3.39. The fourth-order valence-electron chi connectivity index (χ4n) is 4.67. The van der Waals surface area contributed by atoms with Crippen molar-refractivity contribution in [3.8, 4) is 22.4 Å². The monoisotopic (exact) mass is 566 g/mol. The summed E-state index contributed by atoms with van der Waals surface area (Å²) in [5.74, 6) is 0.592. The van der Waals surface area contributed by atoms with E-state index in [1.807, 2.05) is 69.5 Å². The summed E-state index contributed by atoms with van der Waals surface area (Å²) in [6.07, 6.45) is 1.37. The van der Waals surface area contributed by atoms with Crippen LogP contribution < -0.4 is 10.6 Å². The van der Waals surface area contributed by atoms with E-state index in [1.54, 1.807) is 0 Å². The van der Waals surface area contributed by atoms with Gasteiger partial charge < -0.3 is 20.5 Å². The predicted molar refractivity (Wildman–Crippen MR) is 165 cm³/mol.